The van der Waals surface area contributed by atoms with Gasteiger partial charge >= 0.3 is 0 Å². The van der Waals surface area contributed by atoms with Crippen LogP contribution in [-0.4, -0.2) is 15.8 Å². The highest BCUT2D eigenvalue weighted by Crippen LogP contribution is 2.47. The van der Waals surface area contributed by atoms with Gasteiger partial charge in [0.2, 0.25) is 5.95 Å². The summed E-state index contributed by atoms with van der Waals surface area (Å²) in [5.74, 6) is -0.289. The molecule has 3 aromatic rings. The second kappa shape index (κ2) is 5.56. The van der Waals surface area contributed by atoms with Crippen LogP contribution in [0, 0.1) is 0 Å². The van der Waals surface area contributed by atoms with Crippen molar-refractivity contribution in [3.05, 3.63) is 91.7 Å². The van der Waals surface area contributed by atoms with Crippen molar-refractivity contribution < 1.29 is 4.79 Å². The number of H-pyrrole nitrogens is 1. The molecule has 5 rings (SSSR count). The molecular weight excluding hydrogens is 364 g/mol. The number of nitrogens with two attached hydrogens (primary N) is 1. The van der Waals surface area contributed by atoms with Gasteiger partial charge in [-0.25, -0.2) is 0 Å². The fourth-order valence-electron chi connectivity index (χ4n) is 3.83. The molecule has 1 aliphatic heterocycles. The first-order chi connectivity index (χ1) is 13.0. The number of allylic oxidation sites excluding steroid dienone is 1. The van der Waals surface area contributed by atoms with E-state index in [-0.39, 0.29) is 17.3 Å². The average Bonchev–Trinajstić information content (AvgIpc) is 2.93. The number of fused-ring (bicyclic) bond motifs is 3. The predicted molar refractivity (Wildman–Crippen MR) is 104 cm³/mol. The van der Waals surface area contributed by atoms with Gasteiger partial charge < -0.3 is 11.1 Å². The number of nitrogen functional groups attached to an aromatic ring is 1. The van der Waals surface area contributed by atoms with Crippen LogP contribution in [0.4, 0.5) is 11.8 Å². The maximum absolute atomic E-state index is 13.2. The number of ketones is 1. The highest BCUT2D eigenvalue weighted by atomic mass is 35.5. The number of aromatic amines is 1. The van der Waals surface area contributed by atoms with Crippen molar-refractivity contribution in [1.82, 2.24) is 9.97 Å². The number of carbonyl (C=O) groups is 1. The molecule has 0 radical (unpaired) electrons. The molecule has 1 aromatic heterocycles. The lowest BCUT2D eigenvalue weighted by Gasteiger charge is -2.27. The third-order valence-corrected chi connectivity index (χ3v) is 5.20. The number of aromatic nitrogens is 2. The van der Waals surface area contributed by atoms with Crippen molar-refractivity contribution in [2.75, 3.05) is 11.1 Å². The van der Waals surface area contributed by atoms with Crippen LogP contribution in [0.1, 0.15) is 33.0 Å². The topological polar surface area (TPSA) is 101 Å². The Morgan fingerprint density at radius 3 is 2.44 bits per heavy atom. The summed E-state index contributed by atoms with van der Waals surface area (Å²) >= 11 is 6.03. The maximum atomic E-state index is 13.2. The summed E-state index contributed by atoms with van der Waals surface area (Å²) in [7, 11) is 0. The molecule has 0 amide bonds. The smallest absolute Gasteiger partial charge is 0.258 e. The summed E-state index contributed by atoms with van der Waals surface area (Å²) in [5, 5.41) is 3.74. The van der Waals surface area contributed by atoms with E-state index in [0.717, 1.165) is 11.1 Å². The van der Waals surface area contributed by atoms with E-state index in [1.165, 1.54) is 0 Å². The van der Waals surface area contributed by atoms with Gasteiger partial charge in [0.1, 0.15) is 5.82 Å². The van der Waals surface area contributed by atoms with Crippen LogP contribution in [-0.2, 0) is 0 Å². The fourth-order valence-corrected chi connectivity index (χ4v) is 3.95. The molecule has 0 fully saturated rings. The molecule has 0 saturated carbocycles. The zero-order chi connectivity index (χ0) is 18.7. The minimum atomic E-state index is -0.565. The lowest BCUT2D eigenvalue weighted by molar-refractivity contribution is 0.103. The van der Waals surface area contributed by atoms with Gasteiger partial charge in [-0.2, -0.15) is 4.98 Å². The maximum Gasteiger partial charge on any atom is 0.258 e. The molecule has 27 heavy (non-hydrogen) atoms. The number of anilines is 2. The summed E-state index contributed by atoms with van der Waals surface area (Å²) in [6.45, 7) is 0. The molecule has 0 saturated heterocycles. The fraction of sp³-hybridized carbons (Fsp3) is 0.0500. The summed E-state index contributed by atoms with van der Waals surface area (Å²) in [6, 6.07) is 14.5. The van der Waals surface area contributed by atoms with E-state index in [4.69, 9.17) is 17.3 Å². The van der Waals surface area contributed by atoms with Crippen LogP contribution in [0.2, 0.25) is 5.02 Å². The zero-order valence-corrected chi connectivity index (χ0v) is 14.7. The SMILES string of the molecule is Nc1nc2c(c(=O)[nH]1)[C@H](c1ccc(Cl)cc1)C1=C(N2)c2ccccc2C1=O. The van der Waals surface area contributed by atoms with Crippen LogP contribution < -0.4 is 16.6 Å². The summed E-state index contributed by atoms with van der Waals surface area (Å²) < 4.78 is 0. The number of hydrogen-bond acceptors (Lipinski definition) is 5. The highest BCUT2D eigenvalue weighted by molar-refractivity contribution is 6.30. The molecule has 2 heterocycles. The van der Waals surface area contributed by atoms with Crippen LogP contribution in [0.3, 0.4) is 0 Å². The summed E-state index contributed by atoms with van der Waals surface area (Å²) in [6.07, 6.45) is 0. The minimum Gasteiger partial charge on any atom is -0.369 e. The zero-order valence-electron chi connectivity index (χ0n) is 13.9. The van der Waals surface area contributed by atoms with Gasteiger partial charge in [-0.15, -0.1) is 0 Å². The molecule has 2 aliphatic rings. The Balaban J connectivity index is 1.83. The Kier molecular flexibility index (Phi) is 3.26. The number of carbonyl (C=O) groups excluding carboxylic acids is 1. The number of Topliss-reactive ketones (excluding diaryl/α,β-unsaturated/α-hetero) is 1. The Hall–Kier alpha value is -3.38. The second-order valence-corrected chi connectivity index (χ2v) is 6.92. The van der Waals surface area contributed by atoms with E-state index in [2.05, 4.69) is 15.3 Å². The summed E-state index contributed by atoms with van der Waals surface area (Å²) in [4.78, 5) is 32.7. The third kappa shape index (κ3) is 2.23. The number of halogens is 1. The molecule has 0 spiro atoms. The number of nitrogens with one attached hydrogen (secondary N) is 2. The number of hydrogen-bond donors (Lipinski definition) is 3. The van der Waals surface area contributed by atoms with Gasteiger partial charge in [-0.3, -0.25) is 14.6 Å². The molecule has 4 N–H and O–H groups in total. The minimum absolute atomic E-state index is 0.0164. The molecule has 1 atom stereocenters. The van der Waals surface area contributed by atoms with Gasteiger partial charge in [0.25, 0.3) is 5.56 Å². The van der Waals surface area contributed by atoms with Gasteiger partial charge in [0, 0.05) is 27.6 Å². The highest BCUT2D eigenvalue weighted by Gasteiger charge is 2.41. The second-order valence-electron chi connectivity index (χ2n) is 6.49. The molecule has 7 heteroatoms. The van der Waals surface area contributed by atoms with Gasteiger partial charge in [0.05, 0.1) is 11.3 Å². The van der Waals surface area contributed by atoms with Crippen LogP contribution in [0.5, 0.6) is 0 Å². The molecular formula is C20H13ClN4O2. The molecule has 6 nitrogen and oxygen atoms in total. The molecule has 1 aliphatic carbocycles. The van der Waals surface area contributed by atoms with Gasteiger partial charge in [0.15, 0.2) is 5.78 Å². The van der Waals surface area contributed by atoms with Crippen molar-refractivity contribution in [1.29, 1.82) is 0 Å². The Morgan fingerprint density at radius 2 is 1.70 bits per heavy atom. The Labute approximate surface area is 158 Å². The monoisotopic (exact) mass is 376 g/mol. The van der Waals surface area contributed by atoms with Crippen LogP contribution >= 0.6 is 11.6 Å². The standard InChI is InChI=1S/C20H13ClN4O2/c21-10-7-5-9(6-8-10)13-14-16(11-3-1-2-4-12(11)17(14)26)23-18-15(13)19(27)25-20(22)24-18/h1-8,13H,(H4,22,23,24,25,27)/t13-/m1/s1. The van der Waals surface area contributed by atoms with Gasteiger partial charge in [-0.05, 0) is 17.7 Å². The third-order valence-electron chi connectivity index (χ3n) is 4.95. The molecule has 132 valence electrons. The largest absolute Gasteiger partial charge is 0.369 e. The first-order valence-corrected chi connectivity index (χ1v) is 8.73. The van der Waals surface area contributed by atoms with E-state index in [1.807, 2.05) is 30.3 Å². The Morgan fingerprint density at radius 1 is 1.00 bits per heavy atom. The quantitative estimate of drug-likeness (QED) is 0.605. The molecule has 0 unspecified atom stereocenters. The average molecular weight is 377 g/mol. The van der Waals surface area contributed by atoms with E-state index < -0.39 is 5.92 Å². The van der Waals surface area contributed by atoms with Crippen molar-refractivity contribution >= 4 is 34.8 Å². The van der Waals surface area contributed by atoms with Crippen molar-refractivity contribution in [3.63, 3.8) is 0 Å². The lowest BCUT2D eigenvalue weighted by Crippen LogP contribution is -2.28. The molecule has 0 bridgehead atoms. The van der Waals surface area contributed by atoms with Gasteiger partial charge in [-0.1, -0.05) is 48.0 Å². The van der Waals surface area contributed by atoms with E-state index in [9.17, 15) is 9.59 Å². The van der Waals surface area contributed by atoms with Crippen molar-refractivity contribution in [2.45, 2.75) is 5.92 Å². The van der Waals surface area contributed by atoms with E-state index >= 15 is 0 Å². The number of benzene rings is 2. The summed E-state index contributed by atoms with van der Waals surface area (Å²) in [5.41, 5.74) is 9.11. The normalized spacial score (nSPS) is 17.2. The van der Waals surface area contributed by atoms with Crippen molar-refractivity contribution in [2.24, 2.45) is 0 Å². The predicted octanol–water partition coefficient (Wildman–Crippen LogP) is 3.17. The molecule has 2 aromatic carbocycles. The lowest BCUT2D eigenvalue weighted by atomic mass is 9.82. The number of rotatable bonds is 1. The first-order valence-electron chi connectivity index (χ1n) is 8.35. The van der Waals surface area contributed by atoms with Crippen LogP contribution in [0.15, 0.2) is 58.9 Å². The Bertz CT molecular complexity index is 1210. The van der Waals surface area contributed by atoms with Crippen LogP contribution in [0.25, 0.3) is 5.70 Å². The first kappa shape index (κ1) is 15.8. The number of nitrogens with zero attached hydrogens (tertiary/aromatic N) is 1. The van der Waals surface area contributed by atoms with E-state index in [1.54, 1.807) is 18.2 Å². The van der Waals surface area contributed by atoms with Crippen molar-refractivity contribution in [3.8, 4) is 0 Å². The van der Waals surface area contributed by atoms with E-state index in [0.29, 0.717) is 33.2 Å².